The summed E-state index contributed by atoms with van der Waals surface area (Å²) in [7, 11) is 0. The van der Waals surface area contributed by atoms with Crippen LogP contribution in [0.4, 0.5) is 13.2 Å². The van der Waals surface area contributed by atoms with E-state index in [0.29, 0.717) is 21.8 Å². The predicted molar refractivity (Wildman–Crippen MR) is 118 cm³/mol. The zero-order chi connectivity index (χ0) is 22.5. The minimum atomic E-state index is -4.51. The molecule has 0 saturated carbocycles. The molecular weight excluding hydrogens is 415 g/mol. The van der Waals surface area contributed by atoms with Crippen LogP contribution in [-0.2, 0) is 6.18 Å². The summed E-state index contributed by atoms with van der Waals surface area (Å²) in [6.07, 6.45) is -1.14. The third-order valence-electron chi connectivity index (χ3n) is 5.39. The maximum absolute atomic E-state index is 13.3. The number of pyridine rings is 3. The molecule has 7 heteroatoms. The second-order valence-electron chi connectivity index (χ2n) is 7.54. The van der Waals surface area contributed by atoms with Gasteiger partial charge in [0, 0.05) is 46.2 Å². The van der Waals surface area contributed by atoms with Crippen LogP contribution in [0.2, 0.25) is 0 Å². The molecule has 4 nitrogen and oxygen atoms in total. The van der Waals surface area contributed by atoms with Crippen molar-refractivity contribution in [2.45, 2.75) is 13.1 Å². The smallest absolute Gasteiger partial charge is 0.276 e. The fraction of sp³-hybridized carbons (Fsp3) is 0.0800. The Morgan fingerprint density at radius 2 is 1.66 bits per heavy atom. The Hall–Kier alpha value is -4.00. The number of hydrogen-bond acceptors (Lipinski definition) is 3. The second kappa shape index (κ2) is 7.30. The van der Waals surface area contributed by atoms with E-state index in [1.807, 2.05) is 37.3 Å². The van der Waals surface area contributed by atoms with Crippen LogP contribution in [0.15, 0.2) is 83.9 Å². The highest BCUT2D eigenvalue weighted by molar-refractivity contribution is 6.05. The number of halogens is 3. The molecule has 0 aliphatic carbocycles. The average molecular weight is 431 g/mol. The summed E-state index contributed by atoms with van der Waals surface area (Å²) < 4.78 is 41.3. The molecule has 0 saturated heterocycles. The lowest BCUT2D eigenvalue weighted by atomic mass is 10.0. The summed E-state index contributed by atoms with van der Waals surface area (Å²) in [4.78, 5) is 21.7. The van der Waals surface area contributed by atoms with Crippen molar-refractivity contribution in [3.8, 4) is 16.8 Å². The summed E-state index contributed by atoms with van der Waals surface area (Å²) >= 11 is 0. The standard InChI is InChI=1S/C25H16F3N3O/c1-15-5-6-17(13-29-15)16-7-9-22-21(11-16)24-18(14-30-22)8-10-23(32)31(24)20-4-2-3-19(12-20)25(26,27)28/h2-14H,1H3. The quantitative estimate of drug-likeness (QED) is 0.326. The zero-order valence-corrected chi connectivity index (χ0v) is 16.9. The van der Waals surface area contributed by atoms with E-state index in [1.165, 1.54) is 22.8 Å². The number of hydrogen-bond donors (Lipinski definition) is 0. The van der Waals surface area contributed by atoms with E-state index in [2.05, 4.69) is 9.97 Å². The first kappa shape index (κ1) is 19.9. The van der Waals surface area contributed by atoms with Crippen molar-refractivity contribution in [3.05, 3.63) is 101 Å². The second-order valence-corrected chi connectivity index (χ2v) is 7.54. The minimum absolute atomic E-state index is 0.144. The van der Waals surface area contributed by atoms with Crippen molar-refractivity contribution in [2.75, 3.05) is 0 Å². The van der Waals surface area contributed by atoms with Gasteiger partial charge >= 0.3 is 6.18 Å². The van der Waals surface area contributed by atoms with Gasteiger partial charge in [0.15, 0.2) is 0 Å². The Labute approximate surface area is 180 Å². The van der Waals surface area contributed by atoms with Gasteiger partial charge in [0.25, 0.3) is 5.56 Å². The molecule has 3 aromatic heterocycles. The van der Waals surface area contributed by atoms with Gasteiger partial charge in [-0.05, 0) is 55.0 Å². The molecule has 158 valence electrons. The molecule has 0 radical (unpaired) electrons. The van der Waals surface area contributed by atoms with Crippen LogP contribution in [0.3, 0.4) is 0 Å². The van der Waals surface area contributed by atoms with Gasteiger partial charge < -0.3 is 0 Å². The van der Waals surface area contributed by atoms with Gasteiger partial charge in [-0.1, -0.05) is 18.2 Å². The predicted octanol–water partition coefficient (Wildman–Crippen LogP) is 5.93. The minimum Gasteiger partial charge on any atom is -0.276 e. The Kier molecular flexibility index (Phi) is 4.55. The van der Waals surface area contributed by atoms with Gasteiger partial charge in [0.2, 0.25) is 0 Å². The van der Waals surface area contributed by atoms with E-state index in [-0.39, 0.29) is 5.69 Å². The van der Waals surface area contributed by atoms with Gasteiger partial charge in [-0.25, -0.2) is 0 Å². The highest BCUT2D eigenvalue weighted by atomic mass is 19.4. The van der Waals surface area contributed by atoms with Gasteiger partial charge in [-0.2, -0.15) is 13.2 Å². The molecule has 0 fully saturated rings. The largest absolute Gasteiger partial charge is 0.416 e. The van der Waals surface area contributed by atoms with Gasteiger partial charge in [-0.15, -0.1) is 0 Å². The molecule has 5 aromatic rings. The molecule has 0 atom stereocenters. The molecule has 3 heterocycles. The zero-order valence-electron chi connectivity index (χ0n) is 16.9. The summed E-state index contributed by atoms with van der Waals surface area (Å²) in [6.45, 7) is 1.90. The number of aromatic nitrogens is 3. The third-order valence-corrected chi connectivity index (χ3v) is 5.39. The van der Waals surface area contributed by atoms with E-state index >= 15 is 0 Å². The number of rotatable bonds is 2. The van der Waals surface area contributed by atoms with Crippen LogP contribution < -0.4 is 5.56 Å². The Balaban J connectivity index is 1.84. The Morgan fingerprint density at radius 1 is 0.844 bits per heavy atom. The van der Waals surface area contributed by atoms with Crippen LogP contribution in [0.5, 0.6) is 0 Å². The molecule has 0 bridgehead atoms. The number of alkyl halides is 3. The maximum atomic E-state index is 13.3. The highest BCUT2D eigenvalue weighted by Crippen LogP contribution is 2.32. The first-order valence-corrected chi connectivity index (χ1v) is 9.86. The maximum Gasteiger partial charge on any atom is 0.416 e. The van der Waals surface area contributed by atoms with Gasteiger partial charge in [-0.3, -0.25) is 19.3 Å². The molecule has 2 aromatic carbocycles. The topological polar surface area (TPSA) is 47.8 Å². The molecular formula is C25H16F3N3O. The lowest BCUT2D eigenvalue weighted by molar-refractivity contribution is -0.137. The van der Waals surface area contributed by atoms with Crippen molar-refractivity contribution in [1.29, 1.82) is 0 Å². The van der Waals surface area contributed by atoms with Crippen LogP contribution in [0, 0.1) is 6.92 Å². The monoisotopic (exact) mass is 431 g/mol. The first-order valence-electron chi connectivity index (χ1n) is 9.86. The fourth-order valence-electron chi connectivity index (χ4n) is 3.81. The molecule has 5 rings (SSSR count). The Bertz CT molecular complexity index is 1540. The van der Waals surface area contributed by atoms with Crippen molar-refractivity contribution < 1.29 is 13.2 Å². The summed E-state index contributed by atoms with van der Waals surface area (Å²) in [6, 6.07) is 17.2. The van der Waals surface area contributed by atoms with Crippen molar-refractivity contribution in [2.24, 2.45) is 0 Å². The van der Waals surface area contributed by atoms with Crippen LogP contribution >= 0.6 is 0 Å². The summed E-state index contributed by atoms with van der Waals surface area (Å²) in [5.41, 5.74) is 2.68. The van der Waals surface area contributed by atoms with Crippen molar-refractivity contribution in [3.63, 3.8) is 0 Å². The lowest BCUT2D eigenvalue weighted by Gasteiger charge is -2.15. The van der Waals surface area contributed by atoms with E-state index in [0.717, 1.165) is 29.0 Å². The Morgan fingerprint density at radius 3 is 2.41 bits per heavy atom. The third kappa shape index (κ3) is 3.41. The van der Waals surface area contributed by atoms with Gasteiger partial charge in [0.05, 0.1) is 16.6 Å². The molecule has 0 spiro atoms. The molecule has 32 heavy (non-hydrogen) atoms. The summed E-state index contributed by atoms with van der Waals surface area (Å²) in [5, 5.41) is 1.31. The molecule has 0 aliphatic rings. The van der Waals surface area contributed by atoms with Crippen LogP contribution in [-0.4, -0.2) is 14.5 Å². The van der Waals surface area contributed by atoms with Gasteiger partial charge in [0.1, 0.15) is 0 Å². The van der Waals surface area contributed by atoms with E-state index in [1.54, 1.807) is 18.5 Å². The normalized spacial score (nSPS) is 11.9. The molecule has 0 aliphatic heterocycles. The fourth-order valence-corrected chi connectivity index (χ4v) is 3.81. The van der Waals surface area contributed by atoms with E-state index < -0.39 is 17.3 Å². The number of fused-ring (bicyclic) bond motifs is 3. The van der Waals surface area contributed by atoms with Crippen LogP contribution in [0.1, 0.15) is 11.3 Å². The molecule has 0 N–H and O–H groups in total. The summed E-state index contributed by atoms with van der Waals surface area (Å²) in [5.74, 6) is 0. The van der Waals surface area contributed by atoms with E-state index in [9.17, 15) is 18.0 Å². The number of aryl methyl sites for hydroxylation is 1. The SMILES string of the molecule is Cc1ccc(-c2ccc3ncc4ccc(=O)n(-c5cccc(C(F)(F)F)c5)c4c3c2)cn1. The molecule has 0 amide bonds. The number of benzene rings is 2. The van der Waals surface area contributed by atoms with Crippen molar-refractivity contribution in [1.82, 2.24) is 14.5 Å². The lowest BCUT2D eigenvalue weighted by Crippen LogP contribution is -2.18. The molecule has 0 unspecified atom stereocenters. The van der Waals surface area contributed by atoms with E-state index in [4.69, 9.17) is 0 Å². The average Bonchev–Trinajstić information content (AvgIpc) is 2.78. The van der Waals surface area contributed by atoms with Crippen molar-refractivity contribution >= 4 is 21.8 Å². The highest BCUT2D eigenvalue weighted by Gasteiger charge is 2.30. The van der Waals surface area contributed by atoms with Crippen LogP contribution in [0.25, 0.3) is 38.6 Å². The first-order chi connectivity index (χ1) is 15.3. The number of nitrogens with zero attached hydrogens (tertiary/aromatic N) is 3.